The fourth-order valence-corrected chi connectivity index (χ4v) is 3.54. The van der Waals surface area contributed by atoms with Crippen LogP contribution in [0.1, 0.15) is 31.2 Å². The fraction of sp³-hybridized carbons (Fsp3) is 0.500. The molecule has 2 heterocycles. The molecule has 0 radical (unpaired) electrons. The second-order valence-electron chi connectivity index (χ2n) is 5.97. The van der Waals surface area contributed by atoms with Gasteiger partial charge in [-0.15, -0.1) is 0 Å². The predicted molar refractivity (Wildman–Crippen MR) is 74.7 cm³/mol. The summed E-state index contributed by atoms with van der Waals surface area (Å²) in [7, 11) is 0. The van der Waals surface area contributed by atoms with Crippen molar-refractivity contribution in [3.63, 3.8) is 0 Å². The summed E-state index contributed by atoms with van der Waals surface area (Å²) in [6.07, 6.45) is 8.47. The number of fused-ring (bicyclic) bond motifs is 1. The zero-order chi connectivity index (χ0) is 12.8. The van der Waals surface area contributed by atoms with Crippen molar-refractivity contribution in [1.29, 1.82) is 0 Å². The number of aromatic nitrogens is 1. The molecule has 2 aromatic rings. The van der Waals surface area contributed by atoms with Gasteiger partial charge in [-0.1, -0.05) is 0 Å². The van der Waals surface area contributed by atoms with Crippen molar-refractivity contribution in [3.8, 4) is 0 Å². The van der Waals surface area contributed by atoms with E-state index in [1.807, 2.05) is 6.07 Å². The van der Waals surface area contributed by atoms with Gasteiger partial charge >= 0.3 is 0 Å². The van der Waals surface area contributed by atoms with Crippen LogP contribution in [0.25, 0.3) is 10.9 Å². The third kappa shape index (κ3) is 2.06. The van der Waals surface area contributed by atoms with Crippen molar-refractivity contribution < 1.29 is 4.39 Å². The van der Waals surface area contributed by atoms with Crippen LogP contribution in [0, 0.1) is 5.82 Å². The van der Waals surface area contributed by atoms with Crippen LogP contribution in [0.3, 0.4) is 0 Å². The number of nitrogens with zero attached hydrogens (tertiary/aromatic N) is 1. The van der Waals surface area contributed by atoms with Gasteiger partial charge in [-0.25, -0.2) is 4.39 Å². The van der Waals surface area contributed by atoms with Gasteiger partial charge in [0, 0.05) is 29.2 Å². The number of nitrogens with one attached hydrogen (secondary N) is 1. The summed E-state index contributed by atoms with van der Waals surface area (Å²) in [5.74, 6) is -0.140. The molecule has 1 saturated carbocycles. The predicted octanol–water partition coefficient (Wildman–Crippen LogP) is 3.48. The van der Waals surface area contributed by atoms with E-state index in [1.165, 1.54) is 43.9 Å². The average Bonchev–Trinajstić information content (AvgIpc) is 3.03. The van der Waals surface area contributed by atoms with E-state index in [4.69, 9.17) is 0 Å². The first kappa shape index (κ1) is 11.5. The topological polar surface area (TPSA) is 19.0 Å². The van der Waals surface area contributed by atoms with E-state index in [0.29, 0.717) is 6.04 Å². The van der Waals surface area contributed by atoms with Crippen molar-refractivity contribution in [2.45, 2.75) is 44.2 Å². The number of rotatable bonds is 3. The maximum Gasteiger partial charge on any atom is 0.123 e. The zero-order valence-corrected chi connectivity index (χ0v) is 11.0. The SMILES string of the molecule is Fc1ccc2[nH]cc(C[C@H]3CCCN3C3CC3)c2c1. The van der Waals surface area contributed by atoms with E-state index < -0.39 is 0 Å². The summed E-state index contributed by atoms with van der Waals surface area (Å²) in [4.78, 5) is 5.94. The minimum atomic E-state index is -0.140. The number of hydrogen-bond acceptors (Lipinski definition) is 1. The molecule has 2 fully saturated rings. The van der Waals surface area contributed by atoms with Crippen LogP contribution in [0.5, 0.6) is 0 Å². The summed E-state index contributed by atoms with van der Waals surface area (Å²) in [5, 5.41) is 1.06. The largest absolute Gasteiger partial charge is 0.361 e. The van der Waals surface area contributed by atoms with Gasteiger partial charge in [0.05, 0.1) is 0 Å². The Bertz CT molecular complexity index is 600. The Morgan fingerprint density at radius 2 is 2.16 bits per heavy atom. The average molecular weight is 258 g/mol. The summed E-state index contributed by atoms with van der Waals surface area (Å²) < 4.78 is 13.4. The summed E-state index contributed by atoms with van der Waals surface area (Å²) in [6.45, 7) is 1.26. The van der Waals surface area contributed by atoms with Gasteiger partial charge < -0.3 is 4.98 Å². The minimum absolute atomic E-state index is 0.140. The molecule has 3 heteroatoms. The van der Waals surface area contributed by atoms with Crippen molar-refractivity contribution in [2.24, 2.45) is 0 Å². The molecule has 0 unspecified atom stereocenters. The number of aromatic amines is 1. The van der Waals surface area contributed by atoms with E-state index in [2.05, 4.69) is 16.1 Å². The Balaban J connectivity index is 1.62. The molecular formula is C16H19FN2. The summed E-state index contributed by atoms with van der Waals surface area (Å²) in [6, 6.07) is 6.53. The molecule has 2 aliphatic rings. The van der Waals surface area contributed by atoms with Crippen molar-refractivity contribution >= 4 is 10.9 Å². The maximum atomic E-state index is 13.4. The van der Waals surface area contributed by atoms with Crippen LogP contribution in [0.4, 0.5) is 4.39 Å². The normalized spacial score (nSPS) is 24.4. The van der Waals surface area contributed by atoms with Gasteiger partial charge in [-0.3, -0.25) is 4.90 Å². The number of halogens is 1. The first-order valence-electron chi connectivity index (χ1n) is 7.32. The molecule has 1 aromatic heterocycles. The first-order valence-corrected chi connectivity index (χ1v) is 7.32. The lowest BCUT2D eigenvalue weighted by Gasteiger charge is -2.23. The minimum Gasteiger partial charge on any atom is -0.361 e. The Morgan fingerprint density at radius 3 is 3.00 bits per heavy atom. The summed E-state index contributed by atoms with van der Waals surface area (Å²) in [5.41, 5.74) is 2.32. The number of H-pyrrole nitrogens is 1. The van der Waals surface area contributed by atoms with E-state index in [-0.39, 0.29) is 5.82 Å². The Morgan fingerprint density at radius 1 is 1.26 bits per heavy atom. The van der Waals surface area contributed by atoms with E-state index in [0.717, 1.165) is 23.4 Å². The Kier molecular flexibility index (Phi) is 2.62. The van der Waals surface area contributed by atoms with Crippen molar-refractivity contribution in [2.75, 3.05) is 6.54 Å². The highest BCUT2D eigenvalue weighted by molar-refractivity contribution is 5.83. The molecule has 1 saturated heterocycles. The first-order chi connectivity index (χ1) is 9.31. The Labute approximate surface area is 112 Å². The third-order valence-electron chi connectivity index (χ3n) is 4.62. The number of likely N-dealkylation sites (tertiary alicyclic amines) is 1. The molecule has 0 bridgehead atoms. The van der Waals surface area contributed by atoms with Gasteiger partial charge in [0.1, 0.15) is 5.82 Å². The van der Waals surface area contributed by atoms with E-state index >= 15 is 0 Å². The number of benzene rings is 1. The number of hydrogen-bond donors (Lipinski definition) is 1. The van der Waals surface area contributed by atoms with Gasteiger partial charge in [-0.2, -0.15) is 0 Å². The lowest BCUT2D eigenvalue weighted by molar-refractivity contribution is 0.242. The summed E-state index contributed by atoms with van der Waals surface area (Å²) >= 11 is 0. The second-order valence-corrected chi connectivity index (χ2v) is 5.97. The van der Waals surface area contributed by atoms with E-state index in [9.17, 15) is 4.39 Å². The van der Waals surface area contributed by atoms with Crippen LogP contribution in [0.15, 0.2) is 24.4 Å². The maximum absolute atomic E-state index is 13.4. The highest BCUT2D eigenvalue weighted by atomic mass is 19.1. The van der Waals surface area contributed by atoms with Crippen LogP contribution >= 0.6 is 0 Å². The van der Waals surface area contributed by atoms with Crippen LogP contribution in [-0.2, 0) is 6.42 Å². The molecule has 0 spiro atoms. The third-order valence-corrected chi connectivity index (χ3v) is 4.62. The molecule has 2 nitrogen and oxygen atoms in total. The fourth-order valence-electron chi connectivity index (χ4n) is 3.54. The lowest BCUT2D eigenvalue weighted by Crippen LogP contribution is -2.32. The smallest absolute Gasteiger partial charge is 0.123 e. The van der Waals surface area contributed by atoms with Crippen LogP contribution in [-0.4, -0.2) is 28.5 Å². The molecule has 1 N–H and O–H groups in total. The van der Waals surface area contributed by atoms with Crippen LogP contribution < -0.4 is 0 Å². The monoisotopic (exact) mass is 258 g/mol. The quantitative estimate of drug-likeness (QED) is 0.893. The molecule has 1 aliphatic heterocycles. The zero-order valence-electron chi connectivity index (χ0n) is 11.0. The Hall–Kier alpha value is -1.35. The van der Waals surface area contributed by atoms with E-state index in [1.54, 1.807) is 6.07 Å². The highest BCUT2D eigenvalue weighted by Gasteiger charge is 2.36. The van der Waals surface area contributed by atoms with Gasteiger partial charge in [-0.05, 0) is 62.4 Å². The highest BCUT2D eigenvalue weighted by Crippen LogP contribution is 2.35. The molecule has 0 amide bonds. The lowest BCUT2D eigenvalue weighted by atomic mass is 10.0. The van der Waals surface area contributed by atoms with Crippen molar-refractivity contribution in [3.05, 3.63) is 35.8 Å². The second kappa shape index (κ2) is 4.34. The van der Waals surface area contributed by atoms with Crippen LogP contribution in [0.2, 0.25) is 0 Å². The van der Waals surface area contributed by atoms with Gasteiger partial charge in [0.2, 0.25) is 0 Å². The molecule has 100 valence electrons. The molecule has 1 atom stereocenters. The molecule has 19 heavy (non-hydrogen) atoms. The molecular weight excluding hydrogens is 239 g/mol. The molecule has 4 rings (SSSR count). The van der Waals surface area contributed by atoms with Crippen molar-refractivity contribution in [1.82, 2.24) is 9.88 Å². The molecule has 1 aromatic carbocycles. The van der Waals surface area contributed by atoms with Gasteiger partial charge in [0.15, 0.2) is 0 Å². The standard InChI is InChI=1S/C16H19FN2/c17-12-3-6-16-15(9-12)11(10-18-16)8-14-2-1-7-19(14)13-4-5-13/h3,6,9-10,13-14,18H,1-2,4-5,7-8H2/t14-/m1/s1. The van der Waals surface area contributed by atoms with Gasteiger partial charge in [0.25, 0.3) is 0 Å². The molecule has 1 aliphatic carbocycles.